The minimum Gasteiger partial charge on any atom is -0.497 e. The minimum atomic E-state index is -0.0996. The van der Waals surface area contributed by atoms with Crippen molar-refractivity contribution in [1.29, 1.82) is 0 Å². The monoisotopic (exact) mass is 359 g/mol. The van der Waals surface area contributed by atoms with Crippen LogP contribution in [0.15, 0.2) is 58.6 Å². The van der Waals surface area contributed by atoms with Gasteiger partial charge in [-0.2, -0.15) is 10.1 Å². The molecule has 2 aromatic rings. The second-order valence-electron chi connectivity index (χ2n) is 4.88. The number of hydrogen-bond acceptors (Lipinski definition) is 5. The molecule has 0 radical (unpaired) electrons. The van der Waals surface area contributed by atoms with Gasteiger partial charge in [0.25, 0.3) is 5.91 Å². The highest BCUT2D eigenvalue weighted by molar-refractivity contribution is 8.15. The molecule has 0 unspecified atom stereocenters. The van der Waals surface area contributed by atoms with E-state index in [0.717, 1.165) is 17.0 Å². The largest absolute Gasteiger partial charge is 0.497 e. The Kier molecular flexibility index (Phi) is 5.17. The van der Waals surface area contributed by atoms with Gasteiger partial charge < -0.3 is 4.74 Å². The van der Waals surface area contributed by atoms with E-state index in [1.54, 1.807) is 37.6 Å². The van der Waals surface area contributed by atoms with E-state index in [9.17, 15) is 4.79 Å². The van der Waals surface area contributed by atoms with E-state index in [2.05, 4.69) is 10.1 Å². The highest BCUT2D eigenvalue weighted by atomic mass is 35.5. The van der Waals surface area contributed by atoms with Crippen molar-refractivity contribution in [3.8, 4) is 5.75 Å². The third-order valence-electron chi connectivity index (χ3n) is 3.23. The Morgan fingerprint density at radius 1 is 1.17 bits per heavy atom. The van der Waals surface area contributed by atoms with E-state index in [4.69, 9.17) is 16.3 Å². The third-order valence-corrected chi connectivity index (χ3v) is 4.40. The summed E-state index contributed by atoms with van der Waals surface area (Å²) in [7, 11) is 1.61. The first-order valence-electron chi connectivity index (χ1n) is 7.14. The van der Waals surface area contributed by atoms with E-state index in [0.29, 0.717) is 15.9 Å². The van der Waals surface area contributed by atoms with Crippen molar-refractivity contribution in [2.45, 2.75) is 0 Å². The van der Waals surface area contributed by atoms with Gasteiger partial charge in [-0.15, -0.1) is 0 Å². The molecule has 1 aliphatic rings. The molecule has 24 heavy (non-hydrogen) atoms. The van der Waals surface area contributed by atoms with Crippen molar-refractivity contribution in [3.63, 3.8) is 0 Å². The summed E-state index contributed by atoms with van der Waals surface area (Å²) >= 11 is 7.23. The number of methoxy groups -OCH3 is 1. The fourth-order valence-corrected chi connectivity index (χ4v) is 2.93. The maximum absolute atomic E-state index is 12.0. The fourth-order valence-electron chi connectivity index (χ4n) is 1.99. The Morgan fingerprint density at radius 3 is 2.54 bits per heavy atom. The number of benzene rings is 2. The zero-order chi connectivity index (χ0) is 16.9. The van der Waals surface area contributed by atoms with Crippen molar-refractivity contribution < 1.29 is 9.53 Å². The maximum Gasteiger partial charge on any atom is 0.259 e. The van der Waals surface area contributed by atoms with E-state index < -0.39 is 0 Å². The lowest BCUT2D eigenvalue weighted by Crippen LogP contribution is -2.23. The van der Waals surface area contributed by atoms with Gasteiger partial charge in [-0.25, -0.2) is 4.99 Å². The summed E-state index contributed by atoms with van der Waals surface area (Å²) < 4.78 is 5.12. The van der Waals surface area contributed by atoms with Gasteiger partial charge in [-0.1, -0.05) is 23.4 Å². The number of carbonyl (C=O) groups is 1. The topological polar surface area (TPSA) is 54.3 Å². The molecule has 122 valence electrons. The third kappa shape index (κ3) is 3.96. The van der Waals surface area contributed by atoms with Gasteiger partial charge in [0.15, 0.2) is 5.17 Å². The highest BCUT2D eigenvalue weighted by Crippen LogP contribution is 2.25. The predicted molar refractivity (Wildman–Crippen MR) is 98.4 cm³/mol. The Bertz CT molecular complexity index is 788. The normalized spacial score (nSPS) is 16.3. The SMILES string of the molecule is COc1ccc(C=NN2C(=O)CSC2=Nc2ccc(Cl)cc2)cc1. The van der Waals surface area contributed by atoms with Gasteiger partial charge in [0, 0.05) is 5.02 Å². The quantitative estimate of drug-likeness (QED) is 0.777. The molecule has 1 saturated heterocycles. The number of carbonyl (C=O) groups excluding carboxylic acids is 1. The van der Waals surface area contributed by atoms with Crippen LogP contribution in [0.5, 0.6) is 5.75 Å². The van der Waals surface area contributed by atoms with Gasteiger partial charge in [0.2, 0.25) is 0 Å². The molecule has 0 saturated carbocycles. The standard InChI is InChI=1S/C17H14ClN3O2S/c1-23-15-8-2-12(3-9-15)10-19-21-16(22)11-24-17(21)20-14-6-4-13(18)5-7-14/h2-10H,11H2,1H3. The van der Waals surface area contributed by atoms with Crippen molar-refractivity contribution in [2.75, 3.05) is 12.9 Å². The summed E-state index contributed by atoms with van der Waals surface area (Å²) in [6.45, 7) is 0. The lowest BCUT2D eigenvalue weighted by atomic mass is 10.2. The molecule has 0 N–H and O–H groups in total. The van der Waals surface area contributed by atoms with Crippen LogP contribution in [0.1, 0.15) is 5.56 Å². The average molecular weight is 360 g/mol. The van der Waals surface area contributed by atoms with Crippen LogP contribution in [0.25, 0.3) is 0 Å². The summed E-state index contributed by atoms with van der Waals surface area (Å²) in [5.74, 6) is 0.995. The Labute approximate surface area is 149 Å². The van der Waals surface area contributed by atoms with Crippen LogP contribution < -0.4 is 4.74 Å². The van der Waals surface area contributed by atoms with Gasteiger partial charge in [0.05, 0.1) is 24.8 Å². The number of hydrogen-bond donors (Lipinski definition) is 0. The number of hydrazone groups is 1. The van der Waals surface area contributed by atoms with Crippen molar-refractivity contribution >= 4 is 46.3 Å². The van der Waals surface area contributed by atoms with Crippen LogP contribution in [0.2, 0.25) is 5.02 Å². The van der Waals surface area contributed by atoms with E-state index in [1.807, 2.05) is 24.3 Å². The summed E-state index contributed by atoms with van der Waals surface area (Å²) in [6, 6.07) is 14.5. The van der Waals surface area contributed by atoms with Crippen LogP contribution in [0.3, 0.4) is 0 Å². The molecule has 0 atom stereocenters. The minimum absolute atomic E-state index is 0.0996. The molecule has 5 nitrogen and oxygen atoms in total. The van der Waals surface area contributed by atoms with Crippen LogP contribution >= 0.6 is 23.4 Å². The van der Waals surface area contributed by atoms with Crippen LogP contribution in [-0.2, 0) is 4.79 Å². The zero-order valence-corrected chi connectivity index (χ0v) is 14.4. The molecule has 1 amide bonds. The first-order valence-corrected chi connectivity index (χ1v) is 8.50. The first-order chi connectivity index (χ1) is 11.7. The number of amidine groups is 1. The van der Waals surface area contributed by atoms with Crippen LogP contribution in [-0.4, -0.2) is 35.2 Å². The summed E-state index contributed by atoms with van der Waals surface area (Å²) in [5, 5.41) is 6.78. The second kappa shape index (κ2) is 7.51. The van der Waals surface area contributed by atoms with Crippen LogP contribution in [0.4, 0.5) is 5.69 Å². The number of ether oxygens (including phenoxy) is 1. The Balaban J connectivity index is 1.79. The Morgan fingerprint density at radius 2 is 1.88 bits per heavy atom. The van der Waals surface area contributed by atoms with Crippen molar-refractivity contribution in [1.82, 2.24) is 5.01 Å². The predicted octanol–water partition coefficient (Wildman–Crippen LogP) is 3.95. The highest BCUT2D eigenvalue weighted by Gasteiger charge is 2.28. The maximum atomic E-state index is 12.0. The molecule has 7 heteroatoms. The molecule has 0 aromatic heterocycles. The van der Waals surface area contributed by atoms with Gasteiger partial charge >= 0.3 is 0 Å². The summed E-state index contributed by atoms with van der Waals surface area (Å²) in [6.07, 6.45) is 1.63. The molecule has 1 aliphatic heterocycles. The molecule has 0 bridgehead atoms. The smallest absolute Gasteiger partial charge is 0.259 e. The summed E-state index contributed by atoms with van der Waals surface area (Å²) in [4.78, 5) is 16.5. The Hall–Kier alpha value is -2.31. The molecular formula is C17H14ClN3O2S. The molecule has 0 spiro atoms. The van der Waals surface area contributed by atoms with Crippen LogP contribution in [0, 0.1) is 0 Å². The summed E-state index contributed by atoms with van der Waals surface area (Å²) in [5.41, 5.74) is 1.59. The second-order valence-corrected chi connectivity index (χ2v) is 6.26. The number of thioether (sulfide) groups is 1. The van der Waals surface area contributed by atoms with Crippen molar-refractivity contribution in [2.24, 2.45) is 10.1 Å². The number of halogens is 1. The number of rotatable bonds is 4. The molecular weight excluding hydrogens is 346 g/mol. The average Bonchev–Trinajstić information content (AvgIpc) is 2.95. The number of amides is 1. The lowest BCUT2D eigenvalue weighted by molar-refractivity contribution is -0.124. The van der Waals surface area contributed by atoms with Gasteiger partial charge in [0.1, 0.15) is 5.75 Å². The lowest BCUT2D eigenvalue weighted by Gasteiger charge is -2.09. The van der Waals surface area contributed by atoms with E-state index in [1.165, 1.54) is 16.8 Å². The molecule has 2 aromatic carbocycles. The fraction of sp³-hybridized carbons (Fsp3) is 0.118. The molecule has 1 heterocycles. The van der Waals surface area contributed by atoms with E-state index in [-0.39, 0.29) is 5.91 Å². The van der Waals surface area contributed by atoms with Gasteiger partial charge in [-0.3, -0.25) is 4.79 Å². The molecule has 3 rings (SSSR count). The zero-order valence-electron chi connectivity index (χ0n) is 12.8. The number of nitrogens with zero attached hydrogens (tertiary/aromatic N) is 3. The first kappa shape index (κ1) is 16.5. The molecule has 0 aliphatic carbocycles. The van der Waals surface area contributed by atoms with Crippen molar-refractivity contribution in [3.05, 3.63) is 59.1 Å². The van der Waals surface area contributed by atoms with E-state index >= 15 is 0 Å². The number of aliphatic imine (C=N–C) groups is 1. The molecule has 1 fully saturated rings. The van der Waals surface area contributed by atoms with Gasteiger partial charge in [-0.05, 0) is 54.1 Å².